The van der Waals surface area contributed by atoms with Crippen LogP contribution in [0.15, 0.2) is 24.3 Å². The molecular formula is C15H22O2. The molecule has 2 N–H and O–H groups in total. The van der Waals surface area contributed by atoms with Crippen molar-refractivity contribution in [3.05, 3.63) is 29.8 Å². The van der Waals surface area contributed by atoms with E-state index in [4.69, 9.17) is 0 Å². The van der Waals surface area contributed by atoms with Gasteiger partial charge in [-0.15, -0.1) is 0 Å². The Labute approximate surface area is 104 Å². The van der Waals surface area contributed by atoms with Crippen LogP contribution in [0, 0.1) is 0 Å². The van der Waals surface area contributed by atoms with Crippen molar-refractivity contribution >= 4 is 6.08 Å². The van der Waals surface area contributed by atoms with E-state index >= 15 is 0 Å². The smallest absolute Gasteiger partial charge is 0.119 e. The van der Waals surface area contributed by atoms with Crippen LogP contribution in [0.1, 0.15) is 51.0 Å². The normalized spacial score (nSPS) is 11.1. The highest BCUT2D eigenvalue weighted by Crippen LogP contribution is 2.21. The molecule has 0 saturated heterocycles. The summed E-state index contributed by atoms with van der Waals surface area (Å²) in [5, 5.41) is 18.6. The molecule has 0 unspecified atom stereocenters. The quantitative estimate of drug-likeness (QED) is 0.683. The summed E-state index contributed by atoms with van der Waals surface area (Å²) in [7, 11) is 0. The lowest BCUT2D eigenvalue weighted by Crippen LogP contribution is -1.76. The molecule has 94 valence electrons. The van der Waals surface area contributed by atoms with Crippen LogP contribution in [0.2, 0.25) is 0 Å². The third-order valence-electron chi connectivity index (χ3n) is 2.71. The maximum absolute atomic E-state index is 9.30. The van der Waals surface area contributed by atoms with E-state index in [2.05, 4.69) is 13.0 Å². The minimum atomic E-state index is 0.104. The summed E-state index contributed by atoms with van der Waals surface area (Å²) in [5.41, 5.74) is 0.844. The second-order valence-electron chi connectivity index (χ2n) is 4.39. The van der Waals surface area contributed by atoms with Gasteiger partial charge in [-0.1, -0.05) is 44.8 Å². The van der Waals surface area contributed by atoms with Crippen LogP contribution in [0.25, 0.3) is 6.08 Å². The number of hydrogen-bond acceptors (Lipinski definition) is 2. The van der Waals surface area contributed by atoms with E-state index in [1.54, 1.807) is 12.1 Å². The predicted molar refractivity (Wildman–Crippen MR) is 72.2 cm³/mol. The molecule has 1 rings (SSSR count). The van der Waals surface area contributed by atoms with E-state index in [-0.39, 0.29) is 11.5 Å². The van der Waals surface area contributed by atoms with Gasteiger partial charge in [0.2, 0.25) is 0 Å². The lowest BCUT2D eigenvalue weighted by atomic mass is 10.1. The molecule has 0 amide bonds. The van der Waals surface area contributed by atoms with Crippen molar-refractivity contribution in [3.8, 4) is 11.5 Å². The molecule has 2 heteroatoms. The van der Waals surface area contributed by atoms with Gasteiger partial charge in [-0.2, -0.15) is 0 Å². The van der Waals surface area contributed by atoms with E-state index in [0.717, 1.165) is 12.0 Å². The zero-order valence-corrected chi connectivity index (χ0v) is 10.5. The number of aromatic hydroxyl groups is 2. The van der Waals surface area contributed by atoms with Gasteiger partial charge in [-0.3, -0.25) is 0 Å². The topological polar surface area (TPSA) is 40.5 Å². The maximum Gasteiger partial charge on any atom is 0.119 e. The van der Waals surface area contributed by atoms with E-state index < -0.39 is 0 Å². The standard InChI is InChI=1S/C15H22O2/c1-2-3-4-5-6-7-8-9-13-10-14(16)12-15(17)11-13/h8-12,16-17H,2-7H2,1H3/b9-8+. The molecule has 17 heavy (non-hydrogen) atoms. The van der Waals surface area contributed by atoms with Crippen LogP contribution in [-0.4, -0.2) is 10.2 Å². The van der Waals surface area contributed by atoms with Crippen LogP contribution < -0.4 is 0 Å². The summed E-state index contributed by atoms with van der Waals surface area (Å²) in [5.74, 6) is 0.209. The number of phenols is 2. The van der Waals surface area contributed by atoms with Crippen molar-refractivity contribution in [1.29, 1.82) is 0 Å². The number of unbranched alkanes of at least 4 members (excludes halogenated alkanes) is 5. The van der Waals surface area contributed by atoms with Crippen molar-refractivity contribution in [2.24, 2.45) is 0 Å². The predicted octanol–water partition coefficient (Wildman–Crippen LogP) is 4.47. The molecule has 0 fully saturated rings. The van der Waals surface area contributed by atoms with Crippen molar-refractivity contribution < 1.29 is 10.2 Å². The lowest BCUT2D eigenvalue weighted by Gasteiger charge is -1.99. The Morgan fingerprint density at radius 2 is 1.59 bits per heavy atom. The summed E-state index contributed by atoms with van der Waals surface area (Å²) >= 11 is 0. The van der Waals surface area contributed by atoms with Gasteiger partial charge < -0.3 is 10.2 Å². The van der Waals surface area contributed by atoms with Crippen LogP contribution in [0.3, 0.4) is 0 Å². The second-order valence-corrected chi connectivity index (χ2v) is 4.39. The number of allylic oxidation sites excluding steroid dienone is 1. The van der Waals surface area contributed by atoms with Gasteiger partial charge >= 0.3 is 0 Å². The average Bonchev–Trinajstić information content (AvgIpc) is 2.26. The van der Waals surface area contributed by atoms with Crippen LogP contribution in [-0.2, 0) is 0 Å². The zero-order chi connectivity index (χ0) is 12.5. The van der Waals surface area contributed by atoms with Gasteiger partial charge in [-0.25, -0.2) is 0 Å². The van der Waals surface area contributed by atoms with Crippen LogP contribution >= 0.6 is 0 Å². The fourth-order valence-corrected chi connectivity index (χ4v) is 1.80. The number of phenolic OH excluding ortho intramolecular Hbond substituents is 2. The minimum Gasteiger partial charge on any atom is -0.508 e. The van der Waals surface area contributed by atoms with Gasteiger partial charge in [0.05, 0.1) is 0 Å². The summed E-state index contributed by atoms with van der Waals surface area (Å²) in [6.07, 6.45) is 11.5. The van der Waals surface area contributed by atoms with Crippen molar-refractivity contribution in [3.63, 3.8) is 0 Å². The summed E-state index contributed by atoms with van der Waals surface area (Å²) in [6.45, 7) is 2.22. The Balaban J connectivity index is 2.28. The maximum atomic E-state index is 9.30. The highest BCUT2D eigenvalue weighted by molar-refractivity contribution is 5.54. The van der Waals surface area contributed by atoms with Crippen molar-refractivity contribution in [2.75, 3.05) is 0 Å². The van der Waals surface area contributed by atoms with E-state index in [0.29, 0.717) is 0 Å². The zero-order valence-electron chi connectivity index (χ0n) is 10.5. The summed E-state index contributed by atoms with van der Waals surface area (Å²) < 4.78 is 0. The van der Waals surface area contributed by atoms with Gasteiger partial charge in [0.1, 0.15) is 11.5 Å². The monoisotopic (exact) mass is 234 g/mol. The molecule has 0 spiro atoms. The molecule has 1 aromatic carbocycles. The first kappa shape index (κ1) is 13.6. The SMILES string of the molecule is CCCCCCC/C=C/c1cc(O)cc(O)c1. The number of hydrogen-bond donors (Lipinski definition) is 2. The molecule has 0 heterocycles. The Hall–Kier alpha value is -1.44. The van der Waals surface area contributed by atoms with Crippen LogP contribution in [0.5, 0.6) is 11.5 Å². The molecule has 0 atom stereocenters. The molecular weight excluding hydrogens is 212 g/mol. The molecule has 0 saturated carbocycles. The highest BCUT2D eigenvalue weighted by atomic mass is 16.3. The van der Waals surface area contributed by atoms with Crippen molar-refractivity contribution in [1.82, 2.24) is 0 Å². The molecule has 0 aliphatic carbocycles. The average molecular weight is 234 g/mol. The molecule has 0 aliphatic rings. The molecule has 2 nitrogen and oxygen atoms in total. The highest BCUT2D eigenvalue weighted by Gasteiger charge is 1.95. The van der Waals surface area contributed by atoms with Gasteiger partial charge in [0.25, 0.3) is 0 Å². The third-order valence-corrected chi connectivity index (χ3v) is 2.71. The Kier molecular flexibility index (Phi) is 6.23. The van der Waals surface area contributed by atoms with E-state index in [1.165, 1.54) is 38.2 Å². The van der Waals surface area contributed by atoms with E-state index in [1.807, 2.05) is 6.08 Å². The summed E-state index contributed by atoms with van der Waals surface area (Å²) in [6, 6.07) is 4.63. The van der Waals surface area contributed by atoms with Gasteiger partial charge in [0, 0.05) is 6.07 Å². The lowest BCUT2D eigenvalue weighted by molar-refractivity contribution is 0.450. The van der Waals surface area contributed by atoms with Crippen LogP contribution in [0.4, 0.5) is 0 Å². The van der Waals surface area contributed by atoms with Gasteiger partial charge in [-0.05, 0) is 30.5 Å². The third kappa shape index (κ3) is 6.00. The Bertz CT molecular complexity index is 336. The first-order valence-electron chi connectivity index (χ1n) is 6.42. The second kappa shape index (κ2) is 7.77. The van der Waals surface area contributed by atoms with E-state index in [9.17, 15) is 10.2 Å². The fourth-order valence-electron chi connectivity index (χ4n) is 1.80. The molecule has 0 aliphatic heterocycles. The fraction of sp³-hybridized carbons (Fsp3) is 0.467. The number of rotatable bonds is 7. The molecule has 0 aromatic heterocycles. The number of benzene rings is 1. The Morgan fingerprint density at radius 1 is 0.941 bits per heavy atom. The van der Waals surface area contributed by atoms with Crippen molar-refractivity contribution in [2.45, 2.75) is 45.4 Å². The molecule has 0 radical (unpaired) electrons. The first-order chi connectivity index (χ1) is 8.22. The summed E-state index contributed by atoms with van der Waals surface area (Å²) in [4.78, 5) is 0. The minimum absolute atomic E-state index is 0.104. The molecule has 0 bridgehead atoms. The molecule has 1 aromatic rings. The first-order valence-corrected chi connectivity index (χ1v) is 6.42. The Morgan fingerprint density at radius 3 is 2.24 bits per heavy atom. The largest absolute Gasteiger partial charge is 0.508 e. The van der Waals surface area contributed by atoms with Gasteiger partial charge in [0.15, 0.2) is 0 Å².